The molecule has 25 heavy (non-hydrogen) atoms. The van der Waals surface area contributed by atoms with Gasteiger partial charge in [-0.2, -0.15) is 5.10 Å². The van der Waals surface area contributed by atoms with Crippen molar-refractivity contribution < 1.29 is 9.53 Å². The summed E-state index contributed by atoms with van der Waals surface area (Å²) in [5, 5.41) is 10.7. The Hall–Kier alpha value is -1.40. The lowest BCUT2D eigenvalue weighted by atomic mass is 9.68. The topological polar surface area (TPSA) is 70.2 Å². The van der Waals surface area contributed by atoms with Crippen LogP contribution in [0.15, 0.2) is 6.07 Å². The van der Waals surface area contributed by atoms with Gasteiger partial charge in [0.2, 0.25) is 5.91 Å². The Morgan fingerprint density at radius 1 is 1.48 bits per heavy atom. The smallest absolute Gasteiger partial charge is 0.228 e. The molecule has 2 aliphatic rings. The molecule has 0 aromatic carbocycles. The van der Waals surface area contributed by atoms with Crippen LogP contribution in [0.25, 0.3) is 0 Å². The lowest BCUT2D eigenvalue weighted by Gasteiger charge is -2.40. The third-order valence-electron chi connectivity index (χ3n) is 5.97. The minimum Gasteiger partial charge on any atom is -0.384 e. The molecule has 1 saturated carbocycles. The van der Waals surface area contributed by atoms with Gasteiger partial charge in [0.1, 0.15) is 0 Å². The molecule has 2 atom stereocenters. The molecule has 0 unspecified atom stereocenters. The van der Waals surface area contributed by atoms with Gasteiger partial charge in [-0.15, -0.1) is 0 Å². The van der Waals surface area contributed by atoms with Crippen LogP contribution in [-0.2, 0) is 16.1 Å². The fraction of sp³-hybridized carbons (Fsp3) is 0.789. The van der Waals surface area contributed by atoms with Crippen LogP contribution in [0, 0.1) is 24.2 Å². The highest BCUT2D eigenvalue weighted by Gasteiger charge is 2.46. The molecule has 2 N–H and O–H groups in total. The zero-order valence-corrected chi connectivity index (χ0v) is 16.0. The summed E-state index contributed by atoms with van der Waals surface area (Å²) < 4.78 is 5.33. The van der Waals surface area contributed by atoms with Gasteiger partial charge in [0.25, 0.3) is 0 Å². The molecule has 140 valence electrons. The molecular weight excluding hydrogens is 316 g/mol. The number of amides is 1. The predicted octanol–water partition coefficient (Wildman–Crippen LogP) is 2.11. The molecular formula is C19H32N4O2. The van der Waals surface area contributed by atoms with Crippen molar-refractivity contribution in [2.75, 3.05) is 26.8 Å². The maximum Gasteiger partial charge on any atom is 0.228 e. The molecule has 2 heterocycles. The van der Waals surface area contributed by atoms with Crippen LogP contribution in [0.1, 0.15) is 44.5 Å². The van der Waals surface area contributed by atoms with Crippen molar-refractivity contribution in [1.29, 1.82) is 0 Å². The predicted molar refractivity (Wildman–Crippen MR) is 97.0 cm³/mol. The highest BCUT2D eigenvalue weighted by atomic mass is 16.5. The van der Waals surface area contributed by atoms with Gasteiger partial charge in [0.05, 0.1) is 17.7 Å². The highest BCUT2D eigenvalue weighted by Crippen LogP contribution is 2.41. The van der Waals surface area contributed by atoms with Crippen LogP contribution in [0.3, 0.4) is 0 Å². The number of rotatable bonds is 7. The molecule has 6 nitrogen and oxygen atoms in total. The number of hydrogen-bond donors (Lipinski definition) is 2. The Labute approximate surface area is 150 Å². The molecule has 1 aliphatic carbocycles. The van der Waals surface area contributed by atoms with E-state index in [1.807, 2.05) is 6.92 Å². The summed E-state index contributed by atoms with van der Waals surface area (Å²) in [6.45, 7) is 9.79. The van der Waals surface area contributed by atoms with Gasteiger partial charge >= 0.3 is 0 Å². The Balaban J connectivity index is 1.63. The standard InChI is InChI=1S/C19H32N4O2/c1-13(2)16-10-23(9-15-8-14(3)21-22-15)11-17(16)20-18(24)19(12-25-4)6-5-7-19/h8,13,16-17H,5-7,9-12H2,1-4H3,(H,20,24)(H,21,22)/t16-,17+/m1/s1. The highest BCUT2D eigenvalue weighted by molar-refractivity contribution is 5.84. The van der Waals surface area contributed by atoms with E-state index in [-0.39, 0.29) is 17.4 Å². The molecule has 0 bridgehead atoms. The number of aromatic amines is 1. The van der Waals surface area contributed by atoms with Gasteiger partial charge in [-0.25, -0.2) is 0 Å². The van der Waals surface area contributed by atoms with E-state index < -0.39 is 0 Å². The summed E-state index contributed by atoms with van der Waals surface area (Å²) in [4.78, 5) is 15.3. The molecule has 0 spiro atoms. The SMILES string of the molecule is COCC1(C(=O)N[C@H]2CN(Cc3cc(C)[nH]n3)C[C@@H]2C(C)C)CCC1. The van der Waals surface area contributed by atoms with Crippen LogP contribution in [0.4, 0.5) is 0 Å². The van der Waals surface area contributed by atoms with Crippen molar-refractivity contribution in [1.82, 2.24) is 20.4 Å². The van der Waals surface area contributed by atoms with Gasteiger partial charge in [0, 0.05) is 38.5 Å². The monoisotopic (exact) mass is 348 g/mol. The fourth-order valence-corrected chi connectivity index (χ4v) is 4.29. The number of ether oxygens (including phenoxy) is 1. The number of nitrogens with zero attached hydrogens (tertiary/aromatic N) is 2. The minimum absolute atomic E-state index is 0.189. The third kappa shape index (κ3) is 3.90. The minimum atomic E-state index is -0.289. The molecule has 3 rings (SSSR count). The summed E-state index contributed by atoms with van der Waals surface area (Å²) in [5.74, 6) is 1.20. The average Bonchev–Trinajstić information content (AvgIpc) is 3.09. The number of carbonyl (C=O) groups is 1. The Kier molecular flexibility index (Phi) is 5.49. The van der Waals surface area contributed by atoms with Gasteiger partial charge in [-0.1, -0.05) is 20.3 Å². The first-order valence-electron chi connectivity index (χ1n) is 9.47. The number of likely N-dealkylation sites (tertiary alicyclic amines) is 1. The molecule has 1 aromatic rings. The maximum atomic E-state index is 12.9. The van der Waals surface area contributed by atoms with Crippen LogP contribution in [-0.4, -0.2) is 53.9 Å². The summed E-state index contributed by atoms with van der Waals surface area (Å²) in [7, 11) is 1.69. The Morgan fingerprint density at radius 2 is 2.24 bits per heavy atom. The summed E-state index contributed by atoms with van der Waals surface area (Å²) in [6, 6.07) is 2.31. The Morgan fingerprint density at radius 3 is 2.76 bits per heavy atom. The first kappa shape index (κ1) is 18.4. The average molecular weight is 348 g/mol. The van der Waals surface area contributed by atoms with Crippen LogP contribution in [0.5, 0.6) is 0 Å². The van der Waals surface area contributed by atoms with Crippen molar-refractivity contribution in [3.8, 4) is 0 Å². The number of aryl methyl sites for hydroxylation is 1. The second-order valence-corrected chi connectivity index (χ2v) is 8.29. The van der Waals surface area contributed by atoms with Crippen LogP contribution in [0.2, 0.25) is 0 Å². The second kappa shape index (κ2) is 7.46. The normalized spacial score (nSPS) is 26.0. The van der Waals surface area contributed by atoms with Gasteiger partial charge in [-0.3, -0.25) is 14.8 Å². The van der Waals surface area contributed by atoms with E-state index in [9.17, 15) is 4.79 Å². The molecule has 1 saturated heterocycles. The first-order chi connectivity index (χ1) is 11.9. The van der Waals surface area contributed by atoms with E-state index >= 15 is 0 Å². The van der Waals surface area contributed by atoms with Crippen molar-refractivity contribution in [2.24, 2.45) is 17.3 Å². The van der Waals surface area contributed by atoms with Crippen LogP contribution < -0.4 is 5.32 Å². The fourth-order valence-electron chi connectivity index (χ4n) is 4.29. The second-order valence-electron chi connectivity index (χ2n) is 8.29. The van der Waals surface area contributed by atoms with E-state index in [4.69, 9.17) is 4.74 Å². The zero-order chi connectivity index (χ0) is 18.0. The van der Waals surface area contributed by atoms with Crippen molar-refractivity contribution in [2.45, 2.75) is 52.6 Å². The first-order valence-corrected chi connectivity index (χ1v) is 9.47. The largest absolute Gasteiger partial charge is 0.384 e. The molecule has 1 amide bonds. The summed E-state index contributed by atoms with van der Waals surface area (Å²) in [6.07, 6.45) is 3.02. The molecule has 0 radical (unpaired) electrons. The van der Waals surface area contributed by atoms with Gasteiger partial charge < -0.3 is 10.1 Å². The Bertz CT molecular complexity index is 594. The molecule has 1 aromatic heterocycles. The lowest BCUT2D eigenvalue weighted by Crippen LogP contribution is -2.53. The molecule has 2 fully saturated rings. The van der Waals surface area contributed by atoms with Gasteiger partial charge in [0.15, 0.2) is 0 Å². The van der Waals surface area contributed by atoms with Crippen molar-refractivity contribution in [3.05, 3.63) is 17.5 Å². The number of methoxy groups -OCH3 is 1. The molecule has 1 aliphatic heterocycles. The summed E-state index contributed by atoms with van der Waals surface area (Å²) >= 11 is 0. The summed E-state index contributed by atoms with van der Waals surface area (Å²) in [5.41, 5.74) is 1.87. The van der Waals surface area contributed by atoms with E-state index in [0.717, 1.165) is 50.3 Å². The lowest BCUT2D eigenvalue weighted by molar-refractivity contribution is -0.141. The number of H-pyrrole nitrogens is 1. The van der Waals surface area contributed by atoms with Gasteiger partial charge in [-0.05, 0) is 37.7 Å². The maximum absolute atomic E-state index is 12.9. The van der Waals surface area contributed by atoms with E-state index in [1.54, 1.807) is 7.11 Å². The molecule has 6 heteroatoms. The van der Waals surface area contributed by atoms with E-state index in [0.29, 0.717) is 18.4 Å². The van der Waals surface area contributed by atoms with E-state index in [1.165, 1.54) is 0 Å². The van der Waals surface area contributed by atoms with Crippen LogP contribution >= 0.6 is 0 Å². The number of carbonyl (C=O) groups excluding carboxylic acids is 1. The quantitative estimate of drug-likeness (QED) is 0.792. The number of hydrogen-bond acceptors (Lipinski definition) is 4. The van der Waals surface area contributed by atoms with Crippen molar-refractivity contribution in [3.63, 3.8) is 0 Å². The van der Waals surface area contributed by atoms with E-state index in [2.05, 4.69) is 40.3 Å². The van der Waals surface area contributed by atoms with Crippen molar-refractivity contribution >= 4 is 5.91 Å². The zero-order valence-electron chi connectivity index (χ0n) is 16.0. The number of nitrogens with one attached hydrogen (secondary N) is 2. The third-order valence-corrected chi connectivity index (χ3v) is 5.97. The number of aromatic nitrogens is 2.